The second-order valence-corrected chi connectivity index (χ2v) is 9.88. The van der Waals surface area contributed by atoms with Crippen LogP contribution in [0.15, 0.2) is 48.5 Å². The molecule has 0 N–H and O–H groups in total. The summed E-state index contributed by atoms with van der Waals surface area (Å²) < 4.78 is 39.3. The van der Waals surface area contributed by atoms with Gasteiger partial charge in [0.05, 0.1) is 12.3 Å². The van der Waals surface area contributed by atoms with E-state index in [1.165, 1.54) is 11.1 Å². The highest BCUT2D eigenvalue weighted by Crippen LogP contribution is 2.43. The van der Waals surface area contributed by atoms with Gasteiger partial charge in [0.2, 0.25) is 10.0 Å². The Hall–Kier alpha value is -2.05. The van der Waals surface area contributed by atoms with Crippen LogP contribution in [0.4, 0.5) is 0 Å². The van der Waals surface area contributed by atoms with Crippen LogP contribution in [0.25, 0.3) is 0 Å². The van der Waals surface area contributed by atoms with Gasteiger partial charge in [-0.2, -0.15) is 4.31 Å². The van der Waals surface area contributed by atoms with Gasteiger partial charge in [-0.3, -0.25) is 0 Å². The normalized spacial score (nSPS) is 21.0. The molecule has 1 spiro atoms. The molecule has 2 aromatic carbocycles. The first-order valence-electron chi connectivity index (χ1n) is 9.55. The van der Waals surface area contributed by atoms with Gasteiger partial charge in [0, 0.05) is 13.0 Å². The zero-order valence-electron chi connectivity index (χ0n) is 15.1. The van der Waals surface area contributed by atoms with E-state index in [1.54, 1.807) is 4.31 Å². The van der Waals surface area contributed by atoms with Crippen LogP contribution in [0.1, 0.15) is 24.0 Å². The maximum absolute atomic E-state index is 12.9. The van der Waals surface area contributed by atoms with Gasteiger partial charge in [-0.05, 0) is 48.4 Å². The zero-order chi connectivity index (χ0) is 18.5. The lowest BCUT2D eigenvalue weighted by molar-refractivity contribution is -0.0633. The molecule has 3 aliphatic rings. The summed E-state index contributed by atoms with van der Waals surface area (Å²) in [5.74, 6) is 1.13. The lowest BCUT2D eigenvalue weighted by Gasteiger charge is -2.23. The first-order chi connectivity index (χ1) is 13.0. The quantitative estimate of drug-likeness (QED) is 0.812. The van der Waals surface area contributed by atoms with Crippen LogP contribution in [0.3, 0.4) is 0 Å². The molecule has 0 radical (unpaired) electrons. The molecule has 0 unspecified atom stereocenters. The smallest absolute Gasteiger partial charge is 0.266 e. The van der Waals surface area contributed by atoms with Crippen molar-refractivity contribution in [2.45, 2.75) is 31.5 Å². The molecule has 0 bridgehead atoms. The van der Waals surface area contributed by atoms with Crippen molar-refractivity contribution >= 4 is 10.0 Å². The monoisotopic (exact) mass is 385 g/mol. The van der Waals surface area contributed by atoms with E-state index in [-0.39, 0.29) is 12.3 Å². The molecule has 27 heavy (non-hydrogen) atoms. The van der Waals surface area contributed by atoms with Gasteiger partial charge in [0.1, 0.15) is 0 Å². The predicted octanol–water partition coefficient (Wildman–Crippen LogP) is 2.99. The fourth-order valence-corrected chi connectivity index (χ4v) is 6.12. The summed E-state index contributed by atoms with van der Waals surface area (Å²) >= 11 is 0. The van der Waals surface area contributed by atoms with E-state index < -0.39 is 15.8 Å². The minimum atomic E-state index is -3.31. The van der Waals surface area contributed by atoms with Gasteiger partial charge >= 0.3 is 0 Å². The van der Waals surface area contributed by atoms with Crippen molar-refractivity contribution in [3.8, 4) is 11.5 Å². The first-order valence-corrected chi connectivity index (χ1v) is 11.2. The zero-order valence-corrected chi connectivity index (χ0v) is 16.0. The second kappa shape index (κ2) is 6.24. The molecule has 5 rings (SSSR count). The molecule has 2 aromatic rings. The Labute approximate surface area is 160 Å². The second-order valence-electron chi connectivity index (χ2n) is 7.79. The molecular weight excluding hydrogens is 362 g/mol. The molecule has 2 heterocycles. The molecule has 1 fully saturated rings. The SMILES string of the molecule is O=S(=O)(CCC1Cc2ccccc2C1)N1CCC2(C1)Oc1ccccc1O2. The largest absolute Gasteiger partial charge is 0.447 e. The number of hydrogen-bond acceptors (Lipinski definition) is 4. The number of ether oxygens (including phenoxy) is 2. The van der Waals surface area contributed by atoms with Crippen molar-refractivity contribution in [3.05, 3.63) is 59.7 Å². The summed E-state index contributed by atoms with van der Waals surface area (Å²) in [4.78, 5) is 0. The van der Waals surface area contributed by atoms with Crippen molar-refractivity contribution in [2.24, 2.45) is 5.92 Å². The average Bonchev–Trinajstić information content (AvgIpc) is 3.36. The van der Waals surface area contributed by atoms with Gasteiger partial charge in [0.25, 0.3) is 5.79 Å². The lowest BCUT2D eigenvalue weighted by atomic mass is 10.0. The fourth-order valence-electron chi connectivity index (χ4n) is 4.47. The summed E-state index contributed by atoms with van der Waals surface area (Å²) in [6, 6.07) is 15.9. The van der Waals surface area contributed by atoms with E-state index in [0.717, 1.165) is 12.8 Å². The summed E-state index contributed by atoms with van der Waals surface area (Å²) in [7, 11) is -3.31. The van der Waals surface area contributed by atoms with Crippen LogP contribution in [-0.4, -0.2) is 37.4 Å². The van der Waals surface area contributed by atoms with Gasteiger partial charge in [0.15, 0.2) is 11.5 Å². The van der Waals surface area contributed by atoms with Gasteiger partial charge in [-0.15, -0.1) is 0 Å². The highest BCUT2D eigenvalue weighted by atomic mass is 32.2. The molecular formula is C21H23NO4S. The maximum atomic E-state index is 12.9. The number of rotatable bonds is 4. The van der Waals surface area contributed by atoms with E-state index in [1.807, 2.05) is 24.3 Å². The van der Waals surface area contributed by atoms with Crippen molar-refractivity contribution in [3.63, 3.8) is 0 Å². The van der Waals surface area contributed by atoms with E-state index in [4.69, 9.17) is 9.47 Å². The predicted molar refractivity (Wildman–Crippen MR) is 102 cm³/mol. The summed E-state index contributed by atoms with van der Waals surface area (Å²) in [5.41, 5.74) is 2.73. The topological polar surface area (TPSA) is 55.8 Å². The minimum absolute atomic E-state index is 0.189. The number of para-hydroxylation sites is 2. The third kappa shape index (κ3) is 3.11. The van der Waals surface area contributed by atoms with Crippen LogP contribution >= 0.6 is 0 Å². The van der Waals surface area contributed by atoms with Crippen LogP contribution in [0.5, 0.6) is 11.5 Å². The highest BCUT2D eigenvalue weighted by molar-refractivity contribution is 7.89. The number of hydrogen-bond donors (Lipinski definition) is 0. The van der Waals surface area contributed by atoms with E-state index in [2.05, 4.69) is 24.3 Å². The molecule has 2 aliphatic heterocycles. The molecule has 0 saturated carbocycles. The standard InChI is InChI=1S/C21H23NO4S/c23-27(24,12-9-16-13-17-5-1-2-6-18(17)14-16)22-11-10-21(15-22)25-19-7-3-4-8-20(19)26-21/h1-8,16H,9-15H2. The van der Waals surface area contributed by atoms with Crippen LogP contribution < -0.4 is 9.47 Å². The molecule has 0 aromatic heterocycles. The number of benzene rings is 2. The Morgan fingerprint density at radius 2 is 1.56 bits per heavy atom. The molecule has 0 atom stereocenters. The average molecular weight is 385 g/mol. The highest BCUT2D eigenvalue weighted by Gasteiger charge is 2.50. The molecule has 142 valence electrons. The van der Waals surface area contributed by atoms with Crippen LogP contribution in [0.2, 0.25) is 0 Å². The molecule has 1 saturated heterocycles. The molecule has 6 heteroatoms. The van der Waals surface area contributed by atoms with Gasteiger partial charge in [-0.25, -0.2) is 8.42 Å². The van der Waals surface area contributed by atoms with Crippen molar-refractivity contribution in [1.29, 1.82) is 0 Å². The Morgan fingerprint density at radius 3 is 2.19 bits per heavy atom. The lowest BCUT2D eigenvalue weighted by Crippen LogP contribution is -2.43. The van der Waals surface area contributed by atoms with Gasteiger partial charge < -0.3 is 9.47 Å². The molecule has 1 aliphatic carbocycles. The maximum Gasteiger partial charge on any atom is 0.266 e. The number of fused-ring (bicyclic) bond motifs is 2. The first kappa shape index (κ1) is 17.1. The Morgan fingerprint density at radius 1 is 0.963 bits per heavy atom. The molecule has 0 amide bonds. The van der Waals surface area contributed by atoms with Crippen molar-refractivity contribution in [2.75, 3.05) is 18.8 Å². The van der Waals surface area contributed by atoms with E-state index in [0.29, 0.717) is 36.8 Å². The fraction of sp³-hybridized carbons (Fsp3) is 0.429. The third-order valence-electron chi connectivity index (χ3n) is 5.91. The van der Waals surface area contributed by atoms with Crippen molar-refractivity contribution < 1.29 is 17.9 Å². The minimum Gasteiger partial charge on any atom is -0.447 e. The Balaban J connectivity index is 1.21. The summed E-state index contributed by atoms with van der Waals surface area (Å²) in [5, 5.41) is 0. The van der Waals surface area contributed by atoms with Gasteiger partial charge in [-0.1, -0.05) is 36.4 Å². The van der Waals surface area contributed by atoms with Crippen LogP contribution in [-0.2, 0) is 22.9 Å². The van der Waals surface area contributed by atoms with E-state index >= 15 is 0 Å². The number of nitrogens with zero attached hydrogens (tertiary/aromatic N) is 1. The Kier molecular flexibility index (Phi) is 3.95. The van der Waals surface area contributed by atoms with Crippen LogP contribution in [0, 0.1) is 5.92 Å². The Bertz CT molecular complexity index is 922. The molecule has 5 nitrogen and oxygen atoms in total. The van der Waals surface area contributed by atoms with Crippen molar-refractivity contribution in [1.82, 2.24) is 4.31 Å². The van der Waals surface area contributed by atoms with E-state index in [9.17, 15) is 8.42 Å². The summed E-state index contributed by atoms with van der Waals surface area (Å²) in [6.07, 6.45) is 3.21. The summed E-state index contributed by atoms with van der Waals surface area (Å²) in [6.45, 7) is 0.704. The number of sulfonamides is 1. The third-order valence-corrected chi connectivity index (χ3v) is 7.76.